The van der Waals surface area contributed by atoms with Gasteiger partial charge < -0.3 is 14.8 Å². The van der Waals surface area contributed by atoms with Crippen molar-refractivity contribution in [2.45, 2.75) is 5.22 Å². The number of phenols is 1. The van der Waals surface area contributed by atoms with Gasteiger partial charge in [-0.05, 0) is 42.5 Å². The van der Waals surface area contributed by atoms with Gasteiger partial charge in [-0.3, -0.25) is 4.79 Å². The molecule has 0 aliphatic heterocycles. The molecule has 6 nitrogen and oxygen atoms in total. The van der Waals surface area contributed by atoms with E-state index in [0.717, 1.165) is 11.8 Å². The molecule has 128 valence electrons. The number of rotatable bonds is 5. The van der Waals surface area contributed by atoms with Crippen LogP contribution in [0.25, 0.3) is 11.5 Å². The van der Waals surface area contributed by atoms with E-state index in [0.29, 0.717) is 10.6 Å². The number of carbonyl (C=O) groups excluding carboxylic acids is 1. The highest BCUT2D eigenvalue weighted by Gasteiger charge is 2.12. The van der Waals surface area contributed by atoms with Gasteiger partial charge in [-0.2, -0.15) is 0 Å². The number of aromatic hydroxyl groups is 1. The highest BCUT2D eigenvalue weighted by molar-refractivity contribution is 7.99. The number of amides is 1. The van der Waals surface area contributed by atoms with Gasteiger partial charge >= 0.3 is 0 Å². The first kappa shape index (κ1) is 17.2. The number of halogens is 2. The number of aromatic nitrogens is 2. The molecule has 0 saturated heterocycles. The number of hydrogen-bond acceptors (Lipinski definition) is 6. The molecule has 25 heavy (non-hydrogen) atoms. The largest absolute Gasteiger partial charge is 0.506 e. The summed E-state index contributed by atoms with van der Waals surface area (Å²) in [5.41, 5.74) is 0.796. The molecule has 0 aliphatic carbocycles. The van der Waals surface area contributed by atoms with E-state index in [1.165, 1.54) is 42.5 Å². The fraction of sp³-hybridized carbons (Fsp3) is 0.0625. The Bertz CT molecular complexity index is 902. The SMILES string of the molecule is O=C(CSc1nnc(-c2ccc(F)cc2)o1)Nc1cc(Cl)ccc1O. The average Bonchev–Trinajstić information content (AvgIpc) is 3.06. The second kappa shape index (κ2) is 7.54. The first-order chi connectivity index (χ1) is 12.0. The minimum Gasteiger partial charge on any atom is -0.506 e. The van der Waals surface area contributed by atoms with E-state index in [1.54, 1.807) is 0 Å². The van der Waals surface area contributed by atoms with Crippen molar-refractivity contribution in [1.29, 1.82) is 0 Å². The minimum atomic E-state index is -0.371. The van der Waals surface area contributed by atoms with Crippen molar-refractivity contribution in [2.24, 2.45) is 0 Å². The average molecular weight is 380 g/mol. The Morgan fingerprint density at radius 3 is 2.76 bits per heavy atom. The predicted octanol–water partition coefficient (Wildman–Crippen LogP) is 3.97. The van der Waals surface area contributed by atoms with Gasteiger partial charge in [0.1, 0.15) is 11.6 Å². The summed E-state index contributed by atoms with van der Waals surface area (Å²) in [7, 11) is 0. The van der Waals surface area contributed by atoms with Gasteiger partial charge in [-0.1, -0.05) is 23.4 Å². The van der Waals surface area contributed by atoms with Crippen LogP contribution in [0.15, 0.2) is 52.1 Å². The van der Waals surface area contributed by atoms with Crippen molar-refractivity contribution >= 4 is 35.0 Å². The van der Waals surface area contributed by atoms with E-state index < -0.39 is 0 Å². The maximum absolute atomic E-state index is 12.9. The number of hydrogen-bond donors (Lipinski definition) is 2. The lowest BCUT2D eigenvalue weighted by molar-refractivity contribution is -0.113. The second-order valence-corrected chi connectivity index (χ2v) is 6.24. The van der Waals surface area contributed by atoms with E-state index in [4.69, 9.17) is 16.0 Å². The van der Waals surface area contributed by atoms with Crippen LogP contribution in [0, 0.1) is 5.82 Å². The molecule has 2 aromatic carbocycles. The highest BCUT2D eigenvalue weighted by Crippen LogP contribution is 2.27. The van der Waals surface area contributed by atoms with E-state index >= 15 is 0 Å². The van der Waals surface area contributed by atoms with Gasteiger partial charge in [0.25, 0.3) is 5.22 Å². The number of nitrogens with one attached hydrogen (secondary N) is 1. The van der Waals surface area contributed by atoms with Crippen molar-refractivity contribution in [3.8, 4) is 17.2 Å². The van der Waals surface area contributed by atoms with E-state index in [9.17, 15) is 14.3 Å². The summed E-state index contributed by atoms with van der Waals surface area (Å²) in [5.74, 6) is -0.589. The summed E-state index contributed by atoms with van der Waals surface area (Å²) < 4.78 is 18.3. The third-order valence-electron chi connectivity index (χ3n) is 3.06. The van der Waals surface area contributed by atoms with Crippen LogP contribution in [0.4, 0.5) is 10.1 Å². The Hall–Kier alpha value is -2.58. The van der Waals surface area contributed by atoms with Crippen molar-refractivity contribution in [1.82, 2.24) is 10.2 Å². The molecule has 0 bridgehead atoms. The number of phenolic OH excluding ortho intramolecular Hbond substituents is 1. The lowest BCUT2D eigenvalue weighted by Gasteiger charge is -2.06. The topological polar surface area (TPSA) is 88.2 Å². The Labute approximate surface area is 151 Å². The molecule has 0 fully saturated rings. The molecule has 0 saturated carbocycles. The van der Waals surface area contributed by atoms with Gasteiger partial charge in [0.05, 0.1) is 11.4 Å². The molecular formula is C16H11ClFN3O3S. The standard InChI is InChI=1S/C16H11ClFN3O3S/c17-10-3-6-13(22)12(7-10)19-14(23)8-25-16-21-20-15(24-16)9-1-4-11(18)5-2-9/h1-7,22H,8H2,(H,19,23). The molecule has 9 heteroatoms. The van der Waals surface area contributed by atoms with Crippen LogP contribution in [0.1, 0.15) is 0 Å². The normalized spacial score (nSPS) is 10.6. The monoisotopic (exact) mass is 379 g/mol. The summed E-state index contributed by atoms with van der Waals surface area (Å²) >= 11 is 6.86. The fourth-order valence-corrected chi connectivity index (χ4v) is 2.63. The zero-order valence-electron chi connectivity index (χ0n) is 12.6. The van der Waals surface area contributed by atoms with E-state index in [2.05, 4.69) is 15.5 Å². The Morgan fingerprint density at radius 2 is 2.00 bits per heavy atom. The van der Waals surface area contributed by atoms with Gasteiger partial charge in [-0.15, -0.1) is 10.2 Å². The maximum atomic E-state index is 12.9. The molecule has 1 heterocycles. The van der Waals surface area contributed by atoms with E-state index in [-0.39, 0.29) is 40.0 Å². The quantitative estimate of drug-likeness (QED) is 0.515. The zero-order valence-corrected chi connectivity index (χ0v) is 14.1. The number of benzene rings is 2. The lowest BCUT2D eigenvalue weighted by atomic mass is 10.2. The molecule has 3 rings (SSSR count). The molecule has 1 aromatic heterocycles. The van der Waals surface area contributed by atoms with Crippen LogP contribution in [0.5, 0.6) is 5.75 Å². The molecule has 0 radical (unpaired) electrons. The third kappa shape index (κ3) is 4.49. The molecule has 3 aromatic rings. The lowest BCUT2D eigenvalue weighted by Crippen LogP contribution is -2.14. The Morgan fingerprint density at radius 1 is 1.24 bits per heavy atom. The number of thioether (sulfide) groups is 1. The third-order valence-corrected chi connectivity index (χ3v) is 4.11. The number of anilines is 1. The van der Waals surface area contributed by atoms with Gasteiger partial charge in [0, 0.05) is 10.6 Å². The summed E-state index contributed by atoms with van der Waals surface area (Å²) in [6, 6.07) is 9.96. The van der Waals surface area contributed by atoms with E-state index in [1.807, 2.05) is 0 Å². The first-order valence-corrected chi connectivity index (χ1v) is 8.38. The van der Waals surface area contributed by atoms with Crippen LogP contribution in [-0.4, -0.2) is 27.0 Å². The number of nitrogens with zero attached hydrogens (tertiary/aromatic N) is 2. The summed E-state index contributed by atoms with van der Waals surface area (Å²) in [4.78, 5) is 11.9. The maximum Gasteiger partial charge on any atom is 0.277 e. The smallest absolute Gasteiger partial charge is 0.277 e. The first-order valence-electron chi connectivity index (χ1n) is 7.02. The van der Waals surface area contributed by atoms with Crippen LogP contribution in [0.3, 0.4) is 0 Å². The predicted molar refractivity (Wildman–Crippen MR) is 92.2 cm³/mol. The molecule has 0 spiro atoms. The van der Waals surface area contributed by atoms with Crippen LogP contribution >= 0.6 is 23.4 Å². The van der Waals surface area contributed by atoms with Crippen LogP contribution in [0.2, 0.25) is 5.02 Å². The molecule has 1 amide bonds. The summed E-state index contributed by atoms with van der Waals surface area (Å²) in [6.45, 7) is 0. The molecule has 0 unspecified atom stereocenters. The fourth-order valence-electron chi connectivity index (χ4n) is 1.90. The van der Waals surface area contributed by atoms with Crippen molar-refractivity contribution in [3.05, 3.63) is 53.3 Å². The van der Waals surface area contributed by atoms with Gasteiger partial charge in [0.15, 0.2) is 0 Å². The Balaban J connectivity index is 1.59. The second-order valence-electron chi connectivity index (χ2n) is 4.88. The molecular weight excluding hydrogens is 369 g/mol. The van der Waals surface area contributed by atoms with Gasteiger partial charge in [-0.25, -0.2) is 4.39 Å². The molecule has 0 aliphatic rings. The van der Waals surface area contributed by atoms with Crippen molar-refractivity contribution in [3.63, 3.8) is 0 Å². The molecule has 2 N–H and O–H groups in total. The number of carbonyl (C=O) groups is 1. The highest BCUT2D eigenvalue weighted by atomic mass is 35.5. The van der Waals surface area contributed by atoms with Crippen LogP contribution in [-0.2, 0) is 4.79 Å². The summed E-state index contributed by atoms with van der Waals surface area (Å²) in [6.07, 6.45) is 0. The van der Waals surface area contributed by atoms with Crippen LogP contribution < -0.4 is 5.32 Å². The summed E-state index contributed by atoms with van der Waals surface area (Å²) in [5, 5.41) is 20.5. The Kier molecular flexibility index (Phi) is 5.20. The molecule has 0 atom stereocenters. The zero-order chi connectivity index (χ0) is 17.8. The van der Waals surface area contributed by atoms with Gasteiger partial charge in [0.2, 0.25) is 11.8 Å². The van der Waals surface area contributed by atoms with Crippen molar-refractivity contribution < 1.29 is 18.7 Å². The van der Waals surface area contributed by atoms with Crippen molar-refractivity contribution in [2.75, 3.05) is 11.1 Å². The minimum absolute atomic E-state index is 0.00297.